The molecule has 0 unspecified atom stereocenters. The number of halogens is 1. The third-order valence-corrected chi connectivity index (χ3v) is 4.87. The first-order chi connectivity index (χ1) is 15.0. The molecule has 3 amide bonds. The number of aromatic nitrogens is 1. The van der Waals surface area contributed by atoms with Crippen molar-refractivity contribution >= 4 is 34.8 Å². The van der Waals surface area contributed by atoms with Gasteiger partial charge >= 0.3 is 0 Å². The third kappa shape index (κ3) is 4.58. The second-order valence-electron chi connectivity index (χ2n) is 7.01. The zero-order valence-corrected chi connectivity index (χ0v) is 16.5. The zero-order chi connectivity index (χ0) is 21.8. The maximum Gasteiger partial charge on any atom is 0.274 e. The summed E-state index contributed by atoms with van der Waals surface area (Å²) in [6.45, 7) is 0.609. The molecule has 2 heterocycles. The molecule has 1 aliphatic heterocycles. The Hall–Kier alpha value is -4.07. The maximum atomic E-state index is 13.9. The van der Waals surface area contributed by atoms with Crippen LogP contribution in [0.3, 0.4) is 0 Å². The smallest absolute Gasteiger partial charge is 0.274 e. The molecule has 7 nitrogen and oxygen atoms in total. The van der Waals surface area contributed by atoms with E-state index in [-0.39, 0.29) is 23.0 Å². The minimum atomic E-state index is -0.567. The fourth-order valence-corrected chi connectivity index (χ4v) is 3.34. The molecule has 1 fully saturated rings. The summed E-state index contributed by atoms with van der Waals surface area (Å²) < 4.78 is 13.9. The summed E-state index contributed by atoms with van der Waals surface area (Å²) in [5.74, 6) is -1.53. The van der Waals surface area contributed by atoms with Crippen molar-refractivity contribution < 1.29 is 18.8 Å². The van der Waals surface area contributed by atoms with Crippen molar-refractivity contribution in [2.45, 2.75) is 12.8 Å². The van der Waals surface area contributed by atoms with Crippen LogP contribution in [0.2, 0.25) is 0 Å². The largest absolute Gasteiger partial charge is 0.320 e. The number of benzene rings is 2. The number of amides is 3. The van der Waals surface area contributed by atoms with E-state index in [4.69, 9.17) is 0 Å². The van der Waals surface area contributed by atoms with Crippen LogP contribution in [-0.4, -0.2) is 29.3 Å². The molecule has 2 aromatic carbocycles. The number of nitrogens with one attached hydrogen (secondary N) is 2. The van der Waals surface area contributed by atoms with Crippen LogP contribution in [0.15, 0.2) is 66.9 Å². The molecule has 0 spiro atoms. The zero-order valence-electron chi connectivity index (χ0n) is 16.5. The van der Waals surface area contributed by atoms with Crippen molar-refractivity contribution in [3.63, 3.8) is 0 Å². The van der Waals surface area contributed by atoms with Gasteiger partial charge in [0.1, 0.15) is 11.5 Å². The molecule has 0 saturated carbocycles. The van der Waals surface area contributed by atoms with Gasteiger partial charge in [0, 0.05) is 30.4 Å². The van der Waals surface area contributed by atoms with Crippen LogP contribution in [0.1, 0.15) is 33.7 Å². The van der Waals surface area contributed by atoms with Crippen molar-refractivity contribution in [2.24, 2.45) is 0 Å². The summed E-state index contributed by atoms with van der Waals surface area (Å²) in [7, 11) is 0. The molecule has 0 bridgehead atoms. The lowest BCUT2D eigenvalue weighted by Crippen LogP contribution is -2.24. The minimum absolute atomic E-state index is 0.0159. The normalized spacial score (nSPS) is 13.2. The van der Waals surface area contributed by atoms with Gasteiger partial charge in [-0.2, -0.15) is 0 Å². The van der Waals surface area contributed by atoms with Gasteiger partial charge < -0.3 is 15.5 Å². The SMILES string of the molecule is O=C(Nc1cc(F)ccc1NC(=O)c1ccccn1)c1cccc(N2CCCC2=O)c1. The van der Waals surface area contributed by atoms with E-state index in [1.165, 1.54) is 18.3 Å². The number of carbonyl (C=O) groups is 3. The maximum absolute atomic E-state index is 13.9. The molecular weight excluding hydrogens is 399 g/mol. The van der Waals surface area contributed by atoms with E-state index in [9.17, 15) is 18.8 Å². The van der Waals surface area contributed by atoms with E-state index < -0.39 is 17.6 Å². The highest BCUT2D eigenvalue weighted by atomic mass is 19.1. The van der Waals surface area contributed by atoms with Gasteiger partial charge in [0.2, 0.25) is 5.91 Å². The lowest BCUT2D eigenvalue weighted by molar-refractivity contribution is -0.117. The van der Waals surface area contributed by atoms with Gasteiger partial charge in [-0.05, 0) is 55.0 Å². The van der Waals surface area contributed by atoms with Crippen LogP contribution >= 0.6 is 0 Å². The number of rotatable bonds is 5. The Morgan fingerprint density at radius 1 is 0.935 bits per heavy atom. The quantitative estimate of drug-likeness (QED) is 0.658. The summed E-state index contributed by atoms with van der Waals surface area (Å²) in [4.78, 5) is 42.8. The Labute approximate surface area is 177 Å². The molecule has 1 aliphatic rings. The molecule has 156 valence electrons. The molecule has 31 heavy (non-hydrogen) atoms. The number of anilines is 3. The van der Waals surface area contributed by atoms with E-state index >= 15 is 0 Å². The number of nitrogens with zero attached hydrogens (tertiary/aromatic N) is 2. The van der Waals surface area contributed by atoms with Crippen LogP contribution < -0.4 is 15.5 Å². The Morgan fingerprint density at radius 3 is 2.52 bits per heavy atom. The molecule has 2 N–H and O–H groups in total. The van der Waals surface area contributed by atoms with Gasteiger partial charge in [0.05, 0.1) is 11.4 Å². The average molecular weight is 418 g/mol. The molecule has 0 aliphatic carbocycles. The lowest BCUT2D eigenvalue weighted by atomic mass is 10.1. The second kappa shape index (κ2) is 8.74. The predicted octanol–water partition coefficient (Wildman–Crippen LogP) is 3.85. The summed E-state index contributed by atoms with van der Waals surface area (Å²) in [5.41, 5.74) is 1.47. The van der Waals surface area contributed by atoms with E-state index in [0.717, 1.165) is 12.5 Å². The van der Waals surface area contributed by atoms with Crippen LogP contribution in [0.5, 0.6) is 0 Å². The molecule has 4 rings (SSSR count). The van der Waals surface area contributed by atoms with Crippen molar-refractivity contribution in [3.05, 3.63) is 83.9 Å². The fourth-order valence-electron chi connectivity index (χ4n) is 3.34. The van der Waals surface area contributed by atoms with E-state index in [2.05, 4.69) is 15.6 Å². The van der Waals surface area contributed by atoms with E-state index in [1.807, 2.05) is 0 Å². The topological polar surface area (TPSA) is 91.4 Å². The predicted molar refractivity (Wildman–Crippen MR) is 115 cm³/mol. The monoisotopic (exact) mass is 418 g/mol. The molecular formula is C23H19FN4O3. The van der Waals surface area contributed by atoms with Gasteiger partial charge in [-0.1, -0.05) is 12.1 Å². The Morgan fingerprint density at radius 2 is 1.77 bits per heavy atom. The van der Waals surface area contributed by atoms with Crippen LogP contribution in [-0.2, 0) is 4.79 Å². The summed E-state index contributed by atoms with van der Waals surface area (Å²) in [6.07, 6.45) is 2.75. The number of hydrogen-bond acceptors (Lipinski definition) is 4. The molecule has 0 radical (unpaired) electrons. The average Bonchev–Trinajstić information content (AvgIpc) is 3.22. The van der Waals surface area contributed by atoms with Gasteiger partial charge in [-0.15, -0.1) is 0 Å². The highest BCUT2D eigenvalue weighted by molar-refractivity contribution is 6.10. The molecule has 1 aromatic heterocycles. The third-order valence-electron chi connectivity index (χ3n) is 4.87. The van der Waals surface area contributed by atoms with Gasteiger partial charge in [-0.3, -0.25) is 19.4 Å². The number of hydrogen-bond donors (Lipinski definition) is 2. The van der Waals surface area contributed by atoms with Crippen molar-refractivity contribution in [1.82, 2.24) is 4.98 Å². The standard InChI is InChI=1S/C23H19FN4O3/c24-16-9-10-18(26-23(31)19-7-1-2-11-25-19)20(14-16)27-22(30)15-5-3-6-17(13-15)28-12-4-8-21(28)29/h1-3,5-7,9-11,13-14H,4,8,12H2,(H,26,31)(H,27,30). The molecule has 1 saturated heterocycles. The van der Waals surface area contributed by atoms with Crippen LogP contribution in [0.4, 0.5) is 21.5 Å². The number of carbonyl (C=O) groups excluding carboxylic acids is 3. The first-order valence-electron chi connectivity index (χ1n) is 9.75. The van der Waals surface area contributed by atoms with Gasteiger partial charge in [-0.25, -0.2) is 4.39 Å². The van der Waals surface area contributed by atoms with E-state index in [1.54, 1.807) is 47.4 Å². The number of pyridine rings is 1. The van der Waals surface area contributed by atoms with Crippen molar-refractivity contribution in [3.8, 4) is 0 Å². The minimum Gasteiger partial charge on any atom is -0.320 e. The first-order valence-corrected chi connectivity index (χ1v) is 9.75. The van der Waals surface area contributed by atoms with Gasteiger partial charge in [0.15, 0.2) is 0 Å². The Balaban J connectivity index is 1.55. The summed E-state index contributed by atoms with van der Waals surface area (Å²) in [5, 5.41) is 5.27. The van der Waals surface area contributed by atoms with E-state index in [0.29, 0.717) is 24.2 Å². The molecule has 0 atom stereocenters. The van der Waals surface area contributed by atoms with Crippen LogP contribution in [0, 0.1) is 5.82 Å². The highest BCUT2D eigenvalue weighted by Crippen LogP contribution is 2.26. The highest BCUT2D eigenvalue weighted by Gasteiger charge is 2.22. The Kier molecular flexibility index (Phi) is 5.70. The lowest BCUT2D eigenvalue weighted by Gasteiger charge is -2.17. The van der Waals surface area contributed by atoms with Crippen molar-refractivity contribution in [1.29, 1.82) is 0 Å². The summed E-state index contributed by atoms with van der Waals surface area (Å²) in [6, 6.07) is 15.2. The van der Waals surface area contributed by atoms with Gasteiger partial charge in [0.25, 0.3) is 11.8 Å². The second-order valence-corrected chi connectivity index (χ2v) is 7.01. The molecule has 3 aromatic rings. The summed E-state index contributed by atoms with van der Waals surface area (Å²) >= 11 is 0. The fraction of sp³-hybridized carbons (Fsp3) is 0.130. The Bertz CT molecular complexity index is 1150. The van der Waals surface area contributed by atoms with Crippen molar-refractivity contribution in [2.75, 3.05) is 22.1 Å². The first kappa shape index (κ1) is 20.2. The van der Waals surface area contributed by atoms with Crippen LogP contribution in [0.25, 0.3) is 0 Å². The molecule has 8 heteroatoms.